The van der Waals surface area contributed by atoms with E-state index < -0.39 is 46.0 Å². The lowest BCUT2D eigenvalue weighted by molar-refractivity contribution is -0.125. The third-order valence-electron chi connectivity index (χ3n) is 6.06. The monoisotopic (exact) mass is 517 g/mol. The summed E-state index contributed by atoms with van der Waals surface area (Å²) in [6, 6.07) is 9.25. The van der Waals surface area contributed by atoms with Crippen LogP contribution in [0.2, 0.25) is 0 Å². The molecule has 1 fully saturated rings. The molecule has 0 spiro atoms. The zero-order chi connectivity index (χ0) is 25.7. The summed E-state index contributed by atoms with van der Waals surface area (Å²) in [5.74, 6) is -2.03. The van der Waals surface area contributed by atoms with Crippen LogP contribution in [0.5, 0.6) is 11.5 Å². The second-order valence-corrected chi connectivity index (χ2v) is 10.2. The van der Waals surface area contributed by atoms with Gasteiger partial charge in [0.05, 0.1) is 0 Å². The lowest BCUT2D eigenvalue weighted by Crippen LogP contribution is -2.51. The molecule has 2 atom stereocenters. The van der Waals surface area contributed by atoms with Crippen molar-refractivity contribution in [3.63, 3.8) is 0 Å². The highest BCUT2D eigenvalue weighted by atomic mass is 32.2. The Hall–Kier alpha value is -3.47. The Bertz CT molecular complexity index is 1170. The van der Waals surface area contributed by atoms with Crippen LogP contribution >= 0.6 is 0 Å². The van der Waals surface area contributed by atoms with Gasteiger partial charge in [0.15, 0.2) is 11.5 Å². The molecule has 192 valence electrons. The third-order valence-corrected chi connectivity index (χ3v) is 7.21. The van der Waals surface area contributed by atoms with Crippen molar-refractivity contribution in [3.8, 4) is 11.5 Å². The lowest BCUT2D eigenvalue weighted by atomic mass is 10.1. The molecular weight excluding hydrogens is 489 g/mol. The van der Waals surface area contributed by atoms with Crippen LogP contribution in [0.4, 0.5) is 15.8 Å². The topological polar surface area (TPSA) is 114 Å². The summed E-state index contributed by atoms with van der Waals surface area (Å²) >= 11 is 0. The van der Waals surface area contributed by atoms with E-state index in [0.717, 1.165) is 36.6 Å². The summed E-state index contributed by atoms with van der Waals surface area (Å²) in [4.78, 5) is 39.6. The van der Waals surface area contributed by atoms with Gasteiger partial charge >= 0.3 is 0 Å². The number of carbonyl (C=O) groups is 3. The second-order valence-electron chi connectivity index (χ2n) is 8.75. The number of nitrogens with one attached hydrogen (secondary N) is 2. The minimum absolute atomic E-state index is 0.0402. The van der Waals surface area contributed by atoms with E-state index >= 15 is 0 Å². The fourth-order valence-corrected chi connectivity index (χ4v) is 5.18. The number of ether oxygens (including phenoxy) is 2. The molecule has 36 heavy (non-hydrogen) atoms. The second kappa shape index (κ2) is 11.5. The Morgan fingerprint density at radius 2 is 1.83 bits per heavy atom. The van der Waals surface area contributed by atoms with Crippen LogP contribution < -0.4 is 25.0 Å². The number of hydrogen-bond acceptors (Lipinski definition) is 6. The van der Waals surface area contributed by atoms with Gasteiger partial charge in [-0.25, -0.2) is 4.39 Å². The van der Waals surface area contributed by atoms with Gasteiger partial charge in [-0.2, -0.15) is 0 Å². The van der Waals surface area contributed by atoms with Crippen molar-refractivity contribution in [1.29, 1.82) is 0 Å². The SMILES string of the molecule is C[C@@H](C(=O)NC1CCCC1)N(C(=O)C[S@@](=O)CC(=O)Nc1ccc2c(c1)OCO2)c1cccc(F)c1. The van der Waals surface area contributed by atoms with Gasteiger partial charge in [-0.3, -0.25) is 23.5 Å². The van der Waals surface area contributed by atoms with Crippen molar-refractivity contribution in [2.75, 3.05) is 28.5 Å². The number of anilines is 2. The summed E-state index contributed by atoms with van der Waals surface area (Å²) in [5.41, 5.74) is 0.613. The van der Waals surface area contributed by atoms with E-state index in [1.165, 1.54) is 18.2 Å². The average Bonchev–Trinajstić information content (AvgIpc) is 3.50. The molecule has 0 saturated heterocycles. The molecule has 1 saturated carbocycles. The molecule has 9 nitrogen and oxygen atoms in total. The number of nitrogens with zero attached hydrogens (tertiary/aromatic N) is 1. The van der Waals surface area contributed by atoms with E-state index in [2.05, 4.69) is 10.6 Å². The predicted octanol–water partition coefficient (Wildman–Crippen LogP) is 2.72. The fourth-order valence-electron chi connectivity index (χ4n) is 4.29. The number of hydrogen-bond donors (Lipinski definition) is 2. The Balaban J connectivity index is 1.40. The Kier molecular flexibility index (Phi) is 8.19. The average molecular weight is 518 g/mol. The van der Waals surface area contributed by atoms with Crippen LogP contribution in [0.1, 0.15) is 32.6 Å². The molecule has 11 heteroatoms. The maximum Gasteiger partial charge on any atom is 0.243 e. The van der Waals surface area contributed by atoms with E-state index in [9.17, 15) is 23.0 Å². The van der Waals surface area contributed by atoms with Gasteiger partial charge in [-0.15, -0.1) is 0 Å². The highest BCUT2D eigenvalue weighted by molar-refractivity contribution is 7.86. The standard InChI is InChI=1S/C25H28FN3O6S/c1-16(25(32)28-18-6-2-3-7-18)29(20-8-4-5-17(26)11-20)24(31)14-36(33)13-23(30)27-19-9-10-21-22(12-19)35-15-34-21/h4-5,8-12,16,18H,2-3,6-7,13-15H2,1H3,(H,27,30)(H,28,32)/t16-,36-/m0/s1. The van der Waals surface area contributed by atoms with Crippen molar-refractivity contribution >= 4 is 39.9 Å². The first-order valence-electron chi connectivity index (χ1n) is 11.7. The smallest absolute Gasteiger partial charge is 0.243 e. The highest BCUT2D eigenvalue weighted by Crippen LogP contribution is 2.34. The molecule has 2 N–H and O–H groups in total. The van der Waals surface area contributed by atoms with E-state index in [0.29, 0.717) is 17.2 Å². The minimum Gasteiger partial charge on any atom is -0.454 e. The zero-order valence-electron chi connectivity index (χ0n) is 19.8. The highest BCUT2D eigenvalue weighted by Gasteiger charge is 2.31. The predicted molar refractivity (Wildman–Crippen MR) is 133 cm³/mol. The first kappa shape index (κ1) is 25.6. The number of carbonyl (C=O) groups excluding carboxylic acids is 3. The summed E-state index contributed by atoms with van der Waals surface area (Å²) in [6.45, 7) is 1.64. The number of benzene rings is 2. The Labute approximate surface area is 210 Å². The number of fused-ring (bicyclic) bond motifs is 1. The molecule has 1 aliphatic carbocycles. The molecule has 0 radical (unpaired) electrons. The first-order valence-corrected chi connectivity index (χ1v) is 13.2. The fraction of sp³-hybridized carbons (Fsp3) is 0.400. The van der Waals surface area contributed by atoms with Crippen molar-refractivity contribution in [1.82, 2.24) is 5.32 Å². The maximum atomic E-state index is 13.9. The largest absolute Gasteiger partial charge is 0.454 e. The molecule has 0 aromatic heterocycles. The summed E-state index contributed by atoms with van der Waals surface area (Å²) in [6.07, 6.45) is 3.79. The molecule has 3 amide bonds. The summed E-state index contributed by atoms with van der Waals surface area (Å²) in [7, 11) is -1.87. The molecular formula is C25H28FN3O6S. The zero-order valence-corrected chi connectivity index (χ0v) is 20.6. The Morgan fingerprint density at radius 3 is 2.58 bits per heavy atom. The van der Waals surface area contributed by atoms with Crippen molar-refractivity contribution < 1.29 is 32.5 Å². The van der Waals surface area contributed by atoms with Crippen LogP contribution in [0.25, 0.3) is 0 Å². The van der Waals surface area contributed by atoms with Gasteiger partial charge in [0.25, 0.3) is 0 Å². The molecule has 0 bridgehead atoms. The van der Waals surface area contributed by atoms with Crippen LogP contribution in [0, 0.1) is 5.82 Å². The first-order chi connectivity index (χ1) is 17.3. The van der Waals surface area contributed by atoms with Gasteiger partial charge in [0.2, 0.25) is 24.5 Å². The van der Waals surface area contributed by atoms with Crippen molar-refractivity contribution in [2.24, 2.45) is 0 Å². The number of rotatable bonds is 9. The maximum absolute atomic E-state index is 13.9. The van der Waals surface area contributed by atoms with Gasteiger partial charge in [-0.1, -0.05) is 18.9 Å². The van der Waals surface area contributed by atoms with Crippen LogP contribution in [-0.2, 0) is 25.2 Å². The van der Waals surface area contributed by atoms with Gasteiger partial charge < -0.3 is 20.1 Å². The van der Waals surface area contributed by atoms with Gasteiger partial charge in [0, 0.05) is 34.3 Å². The minimum atomic E-state index is -1.87. The van der Waals surface area contributed by atoms with Gasteiger partial charge in [-0.05, 0) is 50.1 Å². The Morgan fingerprint density at radius 1 is 1.08 bits per heavy atom. The number of halogens is 1. The van der Waals surface area contributed by atoms with E-state index in [-0.39, 0.29) is 24.4 Å². The molecule has 2 aliphatic rings. The van der Waals surface area contributed by atoms with Crippen molar-refractivity contribution in [2.45, 2.75) is 44.7 Å². The molecule has 4 rings (SSSR count). The van der Waals surface area contributed by atoms with E-state index in [1.54, 1.807) is 25.1 Å². The molecule has 1 aliphatic heterocycles. The van der Waals surface area contributed by atoms with Crippen molar-refractivity contribution in [3.05, 3.63) is 48.3 Å². The van der Waals surface area contributed by atoms with E-state index in [4.69, 9.17) is 9.47 Å². The molecule has 0 unspecified atom stereocenters. The third kappa shape index (κ3) is 6.39. The quantitative estimate of drug-likeness (QED) is 0.529. The lowest BCUT2D eigenvalue weighted by Gasteiger charge is -2.29. The molecule has 2 aromatic rings. The molecule has 2 aromatic carbocycles. The number of amides is 3. The van der Waals surface area contributed by atoms with E-state index in [1.807, 2.05) is 0 Å². The normalized spacial score (nSPS) is 16.3. The summed E-state index contributed by atoms with van der Waals surface area (Å²) in [5, 5.41) is 5.56. The van der Waals surface area contributed by atoms with Crippen LogP contribution in [0.15, 0.2) is 42.5 Å². The molecule has 1 heterocycles. The van der Waals surface area contributed by atoms with Crippen LogP contribution in [0.3, 0.4) is 0 Å². The summed E-state index contributed by atoms with van der Waals surface area (Å²) < 4.78 is 37.1. The van der Waals surface area contributed by atoms with Crippen LogP contribution in [-0.4, -0.2) is 52.3 Å². The van der Waals surface area contributed by atoms with Gasteiger partial charge in [0.1, 0.15) is 23.4 Å².